The zero-order valence-electron chi connectivity index (χ0n) is 16.7. The van der Waals surface area contributed by atoms with Gasteiger partial charge in [-0.1, -0.05) is 48.8 Å². The average Bonchev–Trinajstić information content (AvgIpc) is 2.99. The summed E-state index contributed by atoms with van der Waals surface area (Å²) < 4.78 is 3.16. The third-order valence-corrected chi connectivity index (χ3v) is 5.08. The molecule has 0 N–H and O–H groups in total. The number of ketones is 1. The molecule has 0 saturated heterocycles. The van der Waals surface area contributed by atoms with E-state index in [1.165, 1.54) is 0 Å². The van der Waals surface area contributed by atoms with Gasteiger partial charge in [0, 0.05) is 29.3 Å². The summed E-state index contributed by atoms with van der Waals surface area (Å²) in [6, 6.07) is 11.5. The second-order valence-corrected chi connectivity index (χ2v) is 8.44. The highest BCUT2D eigenvalue weighted by atomic mass is 79.9. The van der Waals surface area contributed by atoms with Gasteiger partial charge in [0.25, 0.3) is 0 Å². The molecular weight excluding hydrogens is 416 g/mol. The minimum atomic E-state index is 0.129. The Balaban J connectivity index is 1.84. The summed E-state index contributed by atoms with van der Waals surface area (Å²) >= 11 is 3.42. The van der Waals surface area contributed by atoms with E-state index in [0.717, 1.165) is 46.5 Å². The van der Waals surface area contributed by atoms with Crippen LogP contribution >= 0.6 is 15.9 Å². The van der Waals surface area contributed by atoms with E-state index >= 15 is 0 Å². The van der Waals surface area contributed by atoms with Gasteiger partial charge < -0.3 is 4.57 Å². The van der Waals surface area contributed by atoms with Crippen molar-refractivity contribution >= 4 is 32.9 Å². The SMILES string of the molecule is CCCn1c(CN(CC(=O)c2ccc(Br)cc2)CC(C)C)nc2cccnc21. The zero-order chi connectivity index (χ0) is 20.1. The summed E-state index contributed by atoms with van der Waals surface area (Å²) in [7, 11) is 0. The number of benzene rings is 1. The molecule has 0 bridgehead atoms. The van der Waals surface area contributed by atoms with Crippen LogP contribution in [0.1, 0.15) is 43.4 Å². The number of pyridine rings is 1. The van der Waals surface area contributed by atoms with Crippen LogP contribution in [0.3, 0.4) is 0 Å². The Hall–Kier alpha value is -2.05. The van der Waals surface area contributed by atoms with Crippen molar-refractivity contribution in [3.8, 4) is 0 Å². The van der Waals surface area contributed by atoms with Crippen molar-refractivity contribution in [2.24, 2.45) is 5.92 Å². The molecule has 28 heavy (non-hydrogen) atoms. The first-order chi connectivity index (χ1) is 13.5. The Kier molecular flexibility index (Phi) is 6.97. The molecule has 0 aliphatic carbocycles. The van der Waals surface area contributed by atoms with Crippen LogP contribution in [0.2, 0.25) is 0 Å². The summed E-state index contributed by atoms with van der Waals surface area (Å²) in [5.41, 5.74) is 2.57. The van der Waals surface area contributed by atoms with Gasteiger partial charge in [-0.3, -0.25) is 9.69 Å². The van der Waals surface area contributed by atoms with Crippen molar-refractivity contribution in [2.75, 3.05) is 13.1 Å². The molecule has 0 saturated carbocycles. The molecule has 0 aliphatic heterocycles. The van der Waals surface area contributed by atoms with Crippen molar-refractivity contribution in [3.05, 3.63) is 58.5 Å². The molecule has 0 amide bonds. The second kappa shape index (κ2) is 9.43. The number of halogens is 1. The second-order valence-electron chi connectivity index (χ2n) is 7.52. The summed E-state index contributed by atoms with van der Waals surface area (Å²) in [5.74, 6) is 1.56. The maximum atomic E-state index is 12.8. The molecule has 1 aromatic carbocycles. The van der Waals surface area contributed by atoms with Gasteiger partial charge in [-0.15, -0.1) is 0 Å². The lowest BCUT2D eigenvalue weighted by molar-refractivity contribution is 0.0913. The van der Waals surface area contributed by atoms with E-state index in [9.17, 15) is 4.79 Å². The van der Waals surface area contributed by atoms with Crippen LogP contribution in [0.4, 0.5) is 0 Å². The molecule has 0 aliphatic rings. The molecule has 0 atom stereocenters. The Morgan fingerprint density at radius 2 is 1.96 bits per heavy atom. The first-order valence-electron chi connectivity index (χ1n) is 9.79. The Morgan fingerprint density at radius 3 is 2.64 bits per heavy atom. The Bertz CT molecular complexity index is 933. The van der Waals surface area contributed by atoms with Crippen molar-refractivity contribution in [2.45, 2.75) is 40.3 Å². The highest BCUT2D eigenvalue weighted by Crippen LogP contribution is 2.17. The van der Waals surface area contributed by atoms with E-state index in [1.54, 1.807) is 0 Å². The molecule has 2 heterocycles. The third kappa shape index (κ3) is 5.06. The van der Waals surface area contributed by atoms with E-state index in [-0.39, 0.29) is 5.78 Å². The van der Waals surface area contributed by atoms with Crippen LogP contribution in [-0.4, -0.2) is 38.3 Å². The van der Waals surface area contributed by atoms with E-state index in [0.29, 0.717) is 19.0 Å². The van der Waals surface area contributed by atoms with Gasteiger partial charge in [0.1, 0.15) is 11.3 Å². The monoisotopic (exact) mass is 442 g/mol. The average molecular weight is 443 g/mol. The zero-order valence-corrected chi connectivity index (χ0v) is 18.3. The lowest BCUT2D eigenvalue weighted by atomic mass is 10.1. The maximum Gasteiger partial charge on any atom is 0.176 e. The normalized spacial score (nSPS) is 11.6. The topological polar surface area (TPSA) is 51.0 Å². The van der Waals surface area contributed by atoms with Crippen molar-refractivity contribution in [1.29, 1.82) is 0 Å². The van der Waals surface area contributed by atoms with Gasteiger partial charge in [-0.05, 0) is 36.6 Å². The van der Waals surface area contributed by atoms with Gasteiger partial charge in [-0.2, -0.15) is 0 Å². The van der Waals surface area contributed by atoms with E-state index in [4.69, 9.17) is 4.98 Å². The summed E-state index contributed by atoms with van der Waals surface area (Å²) in [6.45, 7) is 9.23. The minimum absolute atomic E-state index is 0.129. The number of rotatable bonds is 9. The predicted octanol–water partition coefficient (Wildman–Crippen LogP) is 4.94. The summed E-state index contributed by atoms with van der Waals surface area (Å²) in [4.78, 5) is 24.3. The Morgan fingerprint density at radius 1 is 1.21 bits per heavy atom. The number of aromatic nitrogens is 3. The van der Waals surface area contributed by atoms with Gasteiger partial charge in [0.15, 0.2) is 11.4 Å². The number of carbonyl (C=O) groups excluding carboxylic acids is 1. The fraction of sp³-hybridized carbons (Fsp3) is 0.409. The fourth-order valence-electron chi connectivity index (χ4n) is 3.42. The lowest BCUT2D eigenvalue weighted by Gasteiger charge is -2.23. The number of carbonyl (C=O) groups is 1. The molecule has 2 aromatic heterocycles. The van der Waals surface area contributed by atoms with Gasteiger partial charge in [0.2, 0.25) is 0 Å². The summed E-state index contributed by atoms with van der Waals surface area (Å²) in [5, 5.41) is 0. The van der Waals surface area contributed by atoms with Crippen LogP contribution in [-0.2, 0) is 13.1 Å². The van der Waals surface area contributed by atoms with Gasteiger partial charge in [0.05, 0.1) is 13.1 Å². The van der Waals surface area contributed by atoms with E-state index in [2.05, 4.69) is 51.2 Å². The maximum absolute atomic E-state index is 12.8. The summed E-state index contributed by atoms with van der Waals surface area (Å²) in [6.07, 6.45) is 2.82. The Labute approximate surface area is 174 Å². The molecule has 6 heteroatoms. The lowest BCUT2D eigenvalue weighted by Crippen LogP contribution is -2.33. The molecule has 148 valence electrons. The molecule has 3 aromatic rings. The number of Topliss-reactive ketones (excluding diaryl/α,β-unsaturated/α-hetero) is 1. The van der Waals surface area contributed by atoms with Crippen LogP contribution < -0.4 is 0 Å². The largest absolute Gasteiger partial charge is 0.312 e. The van der Waals surface area contributed by atoms with E-state index in [1.807, 2.05) is 42.6 Å². The molecule has 0 spiro atoms. The molecule has 5 nitrogen and oxygen atoms in total. The van der Waals surface area contributed by atoms with Crippen LogP contribution in [0.15, 0.2) is 47.1 Å². The number of hydrogen-bond acceptors (Lipinski definition) is 4. The highest BCUT2D eigenvalue weighted by molar-refractivity contribution is 9.10. The van der Waals surface area contributed by atoms with Crippen LogP contribution in [0.5, 0.6) is 0 Å². The molecule has 3 rings (SSSR count). The molecular formula is C22H27BrN4O. The van der Waals surface area contributed by atoms with Gasteiger partial charge in [-0.25, -0.2) is 9.97 Å². The van der Waals surface area contributed by atoms with Crippen molar-refractivity contribution < 1.29 is 4.79 Å². The predicted molar refractivity (Wildman–Crippen MR) is 116 cm³/mol. The first-order valence-corrected chi connectivity index (χ1v) is 10.6. The first kappa shape index (κ1) is 20.7. The molecule has 0 radical (unpaired) electrons. The number of fused-ring (bicyclic) bond motifs is 1. The highest BCUT2D eigenvalue weighted by Gasteiger charge is 2.18. The van der Waals surface area contributed by atoms with Gasteiger partial charge >= 0.3 is 0 Å². The van der Waals surface area contributed by atoms with Crippen LogP contribution in [0, 0.1) is 5.92 Å². The standard InChI is InChI=1S/C22H27BrN4O/c1-4-12-27-21(25-19-6-5-11-24-22(19)27)15-26(13-16(2)3)14-20(28)17-7-9-18(23)10-8-17/h5-11,16H,4,12-15H2,1-3H3. The quantitative estimate of drug-likeness (QED) is 0.440. The fourth-order valence-corrected chi connectivity index (χ4v) is 3.68. The third-order valence-electron chi connectivity index (χ3n) is 4.55. The molecule has 0 unspecified atom stereocenters. The smallest absolute Gasteiger partial charge is 0.176 e. The minimum Gasteiger partial charge on any atom is -0.312 e. The van der Waals surface area contributed by atoms with Crippen LogP contribution in [0.25, 0.3) is 11.2 Å². The van der Waals surface area contributed by atoms with Crippen molar-refractivity contribution in [1.82, 2.24) is 19.4 Å². The number of aryl methyl sites for hydroxylation is 1. The number of imidazole rings is 1. The van der Waals surface area contributed by atoms with E-state index < -0.39 is 0 Å². The number of nitrogens with zero attached hydrogens (tertiary/aromatic N) is 4. The number of hydrogen-bond donors (Lipinski definition) is 0. The van der Waals surface area contributed by atoms with Crippen molar-refractivity contribution in [3.63, 3.8) is 0 Å². The molecule has 0 fully saturated rings.